The zero-order valence-electron chi connectivity index (χ0n) is 11.2. The third kappa shape index (κ3) is 3.81. The quantitative estimate of drug-likeness (QED) is 0.940. The Labute approximate surface area is 119 Å². The molecule has 0 aliphatic rings. The number of carbonyl (C=O) groups is 1. The van der Waals surface area contributed by atoms with Gasteiger partial charge in [-0.1, -0.05) is 6.07 Å². The maximum Gasteiger partial charge on any atom is 0.416 e. The topological polar surface area (TPSA) is 42.0 Å². The minimum atomic E-state index is -4.40. The summed E-state index contributed by atoms with van der Waals surface area (Å²) in [5, 5.41) is 2.71. The standard InChI is InChI=1S/C15H13F3N2O/c1-10(12-3-2-8-19-9-12)20-14(21)11-4-6-13(7-5-11)15(16,17)18/h2-10H,1H3,(H,20,21)/t10-/m0/s1. The molecule has 0 fully saturated rings. The first-order chi connectivity index (χ1) is 9.88. The number of benzene rings is 1. The number of hydrogen-bond donors (Lipinski definition) is 1. The predicted molar refractivity (Wildman–Crippen MR) is 71.6 cm³/mol. The van der Waals surface area contributed by atoms with Crippen molar-refractivity contribution >= 4 is 5.91 Å². The van der Waals surface area contributed by atoms with Gasteiger partial charge in [0.1, 0.15) is 0 Å². The SMILES string of the molecule is C[C@H](NC(=O)c1ccc(C(F)(F)F)cc1)c1cccnc1. The highest BCUT2D eigenvalue weighted by Gasteiger charge is 2.30. The summed E-state index contributed by atoms with van der Waals surface area (Å²) in [6, 6.07) is 7.38. The minimum absolute atomic E-state index is 0.179. The van der Waals surface area contributed by atoms with Gasteiger partial charge in [0, 0.05) is 18.0 Å². The maximum atomic E-state index is 12.4. The van der Waals surface area contributed by atoms with Crippen molar-refractivity contribution in [2.45, 2.75) is 19.1 Å². The normalized spacial score (nSPS) is 12.8. The summed E-state index contributed by atoms with van der Waals surface area (Å²) in [6.45, 7) is 1.78. The molecule has 2 rings (SSSR count). The van der Waals surface area contributed by atoms with Gasteiger partial charge in [-0.2, -0.15) is 13.2 Å². The molecule has 2 aromatic rings. The molecule has 0 bridgehead atoms. The van der Waals surface area contributed by atoms with Crippen LogP contribution in [-0.2, 0) is 6.18 Å². The molecule has 1 N–H and O–H groups in total. The van der Waals surface area contributed by atoms with Crippen LogP contribution in [0, 0.1) is 0 Å². The molecule has 0 radical (unpaired) electrons. The van der Waals surface area contributed by atoms with E-state index in [4.69, 9.17) is 0 Å². The molecule has 0 aliphatic heterocycles. The average Bonchev–Trinajstić information content (AvgIpc) is 2.47. The molecule has 110 valence electrons. The molecule has 1 aromatic heterocycles. The molecule has 1 atom stereocenters. The van der Waals surface area contributed by atoms with Gasteiger partial charge in [0.25, 0.3) is 5.91 Å². The van der Waals surface area contributed by atoms with Crippen LogP contribution >= 0.6 is 0 Å². The van der Waals surface area contributed by atoms with Gasteiger partial charge >= 0.3 is 6.18 Å². The Balaban J connectivity index is 2.07. The Morgan fingerprint density at radius 1 is 1.19 bits per heavy atom. The molecule has 6 heteroatoms. The van der Waals surface area contributed by atoms with E-state index >= 15 is 0 Å². The van der Waals surface area contributed by atoms with Gasteiger partial charge in [-0.15, -0.1) is 0 Å². The summed E-state index contributed by atoms with van der Waals surface area (Å²) in [5.41, 5.74) is 0.218. The fraction of sp³-hybridized carbons (Fsp3) is 0.200. The van der Waals surface area contributed by atoms with Crippen molar-refractivity contribution in [3.05, 3.63) is 65.5 Å². The first-order valence-corrected chi connectivity index (χ1v) is 6.26. The van der Waals surface area contributed by atoms with E-state index in [0.717, 1.165) is 29.8 Å². The van der Waals surface area contributed by atoms with E-state index in [1.165, 1.54) is 0 Å². The zero-order valence-corrected chi connectivity index (χ0v) is 11.2. The Morgan fingerprint density at radius 2 is 1.86 bits per heavy atom. The van der Waals surface area contributed by atoms with E-state index in [0.29, 0.717) is 0 Å². The second-order valence-corrected chi connectivity index (χ2v) is 4.56. The van der Waals surface area contributed by atoms with Crippen molar-refractivity contribution in [3.63, 3.8) is 0 Å². The van der Waals surface area contributed by atoms with E-state index in [1.54, 1.807) is 25.4 Å². The monoisotopic (exact) mass is 294 g/mol. The Kier molecular flexibility index (Phi) is 4.26. The van der Waals surface area contributed by atoms with Gasteiger partial charge in [-0.05, 0) is 42.8 Å². The molecule has 0 spiro atoms. The first kappa shape index (κ1) is 15.0. The average molecular weight is 294 g/mol. The molecular weight excluding hydrogens is 281 g/mol. The molecule has 3 nitrogen and oxygen atoms in total. The molecule has 1 aromatic carbocycles. The molecule has 0 saturated heterocycles. The summed E-state index contributed by atoms with van der Waals surface area (Å²) >= 11 is 0. The summed E-state index contributed by atoms with van der Waals surface area (Å²) in [4.78, 5) is 15.9. The number of alkyl halides is 3. The molecule has 1 heterocycles. The highest BCUT2D eigenvalue weighted by atomic mass is 19.4. The third-order valence-corrected chi connectivity index (χ3v) is 3.01. The number of amides is 1. The molecule has 0 unspecified atom stereocenters. The highest BCUT2D eigenvalue weighted by molar-refractivity contribution is 5.94. The van der Waals surface area contributed by atoms with Crippen LogP contribution in [0.15, 0.2) is 48.8 Å². The number of rotatable bonds is 3. The third-order valence-electron chi connectivity index (χ3n) is 3.01. The number of aromatic nitrogens is 1. The van der Waals surface area contributed by atoms with E-state index in [-0.39, 0.29) is 11.6 Å². The largest absolute Gasteiger partial charge is 0.416 e. The van der Waals surface area contributed by atoms with Crippen molar-refractivity contribution in [2.75, 3.05) is 0 Å². The highest BCUT2D eigenvalue weighted by Crippen LogP contribution is 2.29. The molecular formula is C15H13F3N2O. The Hall–Kier alpha value is -2.37. The van der Waals surface area contributed by atoms with Crippen LogP contribution in [0.25, 0.3) is 0 Å². The van der Waals surface area contributed by atoms with Crippen molar-refractivity contribution < 1.29 is 18.0 Å². The van der Waals surface area contributed by atoms with Crippen LogP contribution in [0.3, 0.4) is 0 Å². The van der Waals surface area contributed by atoms with Gasteiger partial charge in [0.15, 0.2) is 0 Å². The van der Waals surface area contributed by atoms with Crippen molar-refractivity contribution in [1.29, 1.82) is 0 Å². The number of halogens is 3. The fourth-order valence-electron chi connectivity index (χ4n) is 1.81. The molecule has 1 amide bonds. The number of nitrogens with zero attached hydrogens (tertiary/aromatic N) is 1. The Bertz CT molecular complexity index is 609. The van der Waals surface area contributed by atoms with E-state index < -0.39 is 17.6 Å². The van der Waals surface area contributed by atoms with Crippen molar-refractivity contribution in [2.24, 2.45) is 0 Å². The second-order valence-electron chi connectivity index (χ2n) is 4.56. The van der Waals surface area contributed by atoms with Gasteiger partial charge in [-0.25, -0.2) is 0 Å². The number of hydrogen-bond acceptors (Lipinski definition) is 2. The fourth-order valence-corrected chi connectivity index (χ4v) is 1.81. The summed E-state index contributed by atoms with van der Waals surface area (Å²) < 4.78 is 37.3. The number of nitrogens with one attached hydrogen (secondary N) is 1. The lowest BCUT2D eigenvalue weighted by atomic mass is 10.1. The molecule has 0 aliphatic carbocycles. The van der Waals surface area contributed by atoms with Gasteiger partial charge in [0.05, 0.1) is 11.6 Å². The summed E-state index contributed by atoms with van der Waals surface area (Å²) in [6.07, 6.45) is -1.16. The van der Waals surface area contributed by atoms with Crippen LogP contribution in [0.4, 0.5) is 13.2 Å². The van der Waals surface area contributed by atoms with Crippen molar-refractivity contribution in [1.82, 2.24) is 10.3 Å². The van der Waals surface area contributed by atoms with Gasteiger partial charge < -0.3 is 5.32 Å². The second kappa shape index (κ2) is 5.95. The van der Waals surface area contributed by atoms with E-state index in [1.807, 2.05) is 6.07 Å². The smallest absolute Gasteiger partial charge is 0.345 e. The van der Waals surface area contributed by atoms with E-state index in [2.05, 4.69) is 10.3 Å². The summed E-state index contributed by atoms with van der Waals surface area (Å²) in [7, 11) is 0. The number of carbonyl (C=O) groups excluding carboxylic acids is 1. The Morgan fingerprint density at radius 3 is 2.38 bits per heavy atom. The van der Waals surface area contributed by atoms with Crippen LogP contribution in [0.1, 0.15) is 34.5 Å². The lowest BCUT2D eigenvalue weighted by Gasteiger charge is -2.14. The van der Waals surface area contributed by atoms with Gasteiger partial charge in [0.2, 0.25) is 0 Å². The van der Waals surface area contributed by atoms with Gasteiger partial charge in [-0.3, -0.25) is 9.78 Å². The number of pyridine rings is 1. The predicted octanol–water partition coefficient (Wildman–Crippen LogP) is 3.59. The lowest BCUT2D eigenvalue weighted by molar-refractivity contribution is -0.137. The van der Waals surface area contributed by atoms with Crippen molar-refractivity contribution in [3.8, 4) is 0 Å². The first-order valence-electron chi connectivity index (χ1n) is 6.26. The van der Waals surface area contributed by atoms with Crippen LogP contribution in [0.2, 0.25) is 0 Å². The lowest BCUT2D eigenvalue weighted by Crippen LogP contribution is -2.26. The van der Waals surface area contributed by atoms with Crippen LogP contribution in [0.5, 0.6) is 0 Å². The molecule has 21 heavy (non-hydrogen) atoms. The van der Waals surface area contributed by atoms with Crippen LogP contribution < -0.4 is 5.32 Å². The molecule has 0 saturated carbocycles. The van der Waals surface area contributed by atoms with Crippen LogP contribution in [-0.4, -0.2) is 10.9 Å². The summed E-state index contributed by atoms with van der Waals surface area (Å²) in [5.74, 6) is -0.430. The van der Waals surface area contributed by atoms with E-state index in [9.17, 15) is 18.0 Å². The zero-order chi connectivity index (χ0) is 15.5. The minimum Gasteiger partial charge on any atom is -0.345 e. The maximum absolute atomic E-state index is 12.4.